The van der Waals surface area contributed by atoms with Gasteiger partial charge in [-0.3, -0.25) is 0 Å². The first-order chi connectivity index (χ1) is 7.66. The Balaban J connectivity index is 2.55. The van der Waals surface area contributed by atoms with E-state index in [0.717, 1.165) is 0 Å². The highest BCUT2D eigenvalue weighted by molar-refractivity contribution is 7.26. The second kappa shape index (κ2) is 3.33. The molecule has 0 N–H and O–H groups in total. The number of hydrogen-bond acceptors (Lipinski definition) is 1. The van der Waals surface area contributed by atoms with E-state index in [0.29, 0.717) is 0 Å². The van der Waals surface area contributed by atoms with Crippen LogP contribution >= 0.6 is 11.3 Å². The van der Waals surface area contributed by atoms with Gasteiger partial charge in [-0.25, -0.2) is 0 Å². The monoisotopic (exact) mass is 226 g/mol. The maximum atomic E-state index is 2.29. The Kier molecular flexibility index (Phi) is 2.05. The van der Waals surface area contributed by atoms with Gasteiger partial charge in [0.15, 0.2) is 0 Å². The number of hydrogen-bond donors (Lipinski definition) is 0. The van der Waals surface area contributed by atoms with Gasteiger partial charge in [-0.1, -0.05) is 24.3 Å². The Hall–Kier alpha value is -1.34. The van der Waals surface area contributed by atoms with Crippen molar-refractivity contribution in [1.29, 1.82) is 0 Å². The van der Waals surface area contributed by atoms with Crippen LogP contribution in [0.1, 0.15) is 16.7 Å². The predicted molar refractivity (Wildman–Crippen MR) is 73.5 cm³/mol. The lowest BCUT2D eigenvalue weighted by Gasteiger charge is -2.00. The summed E-state index contributed by atoms with van der Waals surface area (Å²) in [7, 11) is 0. The summed E-state index contributed by atoms with van der Waals surface area (Å²) < 4.78 is 2.85. The van der Waals surface area contributed by atoms with Crippen LogP contribution in [0.25, 0.3) is 20.2 Å². The molecule has 0 radical (unpaired) electrons. The fraction of sp³-hybridized carbons (Fsp3) is 0.200. The van der Waals surface area contributed by atoms with Crippen molar-refractivity contribution in [3.63, 3.8) is 0 Å². The van der Waals surface area contributed by atoms with Crippen molar-refractivity contribution < 1.29 is 0 Å². The summed E-state index contributed by atoms with van der Waals surface area (Å²) in [4.78, 5) is 0. The third-order valence-electron chi connectivity index (χ3n) is 3.32. The van der Waals surface area contributed by atoms with Gasteiger partial charge in [-0.05, 0) is 43.5 Å². The fourth-order valence-electron chi connectivity index (χ4n) is 2.18. The first kappa shape index (κ1) is 9.86. The molecule has 0 aliphatic rings. The molecule has 0 saturated heterocycles. The molecule has 0 fully saturated rings. The van der Waals surface area contributed by atoms with Gasteiger partial charge in [0.2, 0.25) is 0 Å². The average Bonchev–Trinajstić information content (AvgIpc) is 2.62. The van der Waals surface area contributed by atoms with Crippen molar-refractivity contribution in [2.24, 2.45) is 0 Å². The first-order valence-corrected chi connectivity index (χ1v) is 6.37. The Morgan fingerprint density at radius 1 is 0.875 bits per heavy atom. The van der Waals surface area contributed by atoms with Gasteiger partial charge >= 0.3 is 0 Å². The largest absolute Gasteiger partial charge is 0.135 e. The van der Waals surface area contributed by atoms with Crippen molar-refractivity contribution in [1.82, 2.24) is 0 Å². The lowest BCUT2D eigenvalue weighted by atomic mass is 10.1. The van der Waals surface area contributed by atoms with Crippen LogP contribution in [0, 0.1) is 20.8 Å². The summed E-state index contributed by atoms with van der Waals surface area (Å²) in [6.45, 7) is 6.56. The molecule has 1 heteroatoms. The lowest BCUT2D eigenvalue weighted by molar-refractivity contribution is 1.39. The molecule has 0 amide bonds. The molecule has 1 heterocycles. The molecule has 0 nitrogen and oxygen atoms in total. The van der Waals surface area contributed by atoms with E-state index in [1.807, 2.05) is 11.3 Å². The van der Waals surface area contributed by atoms with E-state index < -0.39 is 0 Å². The molecule has 0 aliphatic carbocycles. The summed E-state index contributed by atoms with van der Waals surface area (Å²) in [6.07, 6.45) is 0. The van der Waals surface area contributed by atoms with Crippen molar-refractivity contribution in [2.45, 2.75) is 20.8 Å². The van der Waals surface area contributed by atoms with Crippen LogP contribution in [0.15, 0.2) is 30.3 Å². The number of rotatable bonds is 0. The summed E-state index contributed by atoms with van der Waals surface area (Å²) in [6, 6.07) is 11.2. The highest BCUT2D eigenvalue weighted by Gasteiger charge is 2.07. The van der Waals surface area contributed by atoms with E-state index in [1.54, 1.807) is 0 Å². The normalized spacial score (nSPS) is 11.4. The summed E-state index contributed by atoms with van der Waals surface area (Å²) >= 11 is 1.92. The zero-order valence-corrected chi connectivity index (χ0v) is 10.6. The van der Waals surface area contributed by atoms with Crippen LogP contribution in [0.3, 0.4) is 0 Å². The maximum absolute atomic E-state index is 2.29. The smallest absolute Gasteiger partial charge is 0.0387 e. The third kappa shape index (κ3) is 1.28. The zero-order chi connectivity index (χ0) is 11.3. The molecule has 3 aromatic rings. The van der Waals surface area contributed by atoms with Gasteiger partial charge in [-0.15, -0.1) is 11.3 Å². The number of aryl methyl sites for hydroxylation is 3. The van der Waals surface area contributed by atoms with Gasteiger partial charge in [-0.2, -0.15) is 0 Å². The Morgan fingerprint density at radius 2 is 1.62 bits per heavy atom. The van der Waals surface area contributed by atoms with Crippen LogP contribution < -0.4 is 0 Å². The minimum Gasteiger partial charge on any atom is -0.135 e. The molecular weight excluding hydrogens is 212 g/mol. The second-order valence-electron chi connectivity index (χ2n) is 4.49. The van der Waals surface area contributed by atoms with E-state index >= 15 is 0 Å². The molecule has 0 spiro atoms. The highest BCUT2D eigenvalue weighted by Crippen LogP contribution is 2.36. The molecule has 0 aliphatic heterocycles. The van der Waals surface area contributed by atoms with E-state index in [-0.39, 0.29) is 0 Å². The van der Waals surface area contributed by atoms with Gasteiger partial charge in [0.1, 0.15) is 0 Å². The SMILES string of the molecule is Cc1ccc2c(c1)sc1c(C)c(C)ccc12. The Bertz CT molecular complexity index is 689. The topological polar surface area (TPSA) is 0 Å². The molecule has 80 valence electrons. The molecule has 0 saturated carbocycles. The van der Waals surface area contributed by atoms with Crippen molar-refractivity contribution in [2.75, 3.05) is 0 Å². The Labute approximate surface area is 99.5 Å². The van der Waals surface area contributed by atoms with E-state index in [2.05, 4.69) is 51.1 Å². The molecule has 1 aromatic heterocycles. The average molecular weight is 226 g/mol. The molecule has 0 bridgehead atoms. The van der Waals surface area contributed by atoms with E-state index in [9.17, 15) is 0 Å². The quantitative estimate of drug-likeness (QED) is 0.507. The zero-order valence-electron chi connectivity index (χ0n) is 9.79. The summed E-state index contributed by atoms with van der Waals surface area (Å²) in [5.41, 5.74) is 4.15. The highest BCUT2D eigenvalue weighted by atomic mass is 32.1. The Morgan fingerprint density at radius 3 is 2.44 bits per heavy atom. The van der Waals surface area contributed by atoms with Crippen LogP contribution in [-0.2, 0) is 0 Å². The summed E-state index contributed by atoms with van der Waals surface area (Å²) in [5.74, 6) is 0. The van der Waals surface area contributed by atoms with E-state index in [4.69, 9.17) is 0 Å². The number of benzene rings is 2. The van der Waals surface area contributed by atoms with Crippen LogP contribution in [0.2, 0.25) is 0 Å². The van der Waals surface area contributed by atoms with Crippen LogP contribution in [-0.4, -0.2) is 0 Å². The molecule has 0 unspecified atom stereocenters. The standard InChI is InChI=1S/C15H14S/c1-9-4-6-12-13-7-5-10(2)11(3)15(13)16-14(12)8-9/h4-8H,1-3H3. The second-order valence-corrected chi connectivity index (χ2v) is 5.54. The van der Waals surface area contributed by atoms with E-state index in [1.165, 1.54) is 36.9 Å². The molecular formula is C15H14S. The van der Waals surface area contributed by atoms with Crippen LogP contribution in [0.5, 0.6) is 0 Å². The number of thiophene rings is 1. The third-order valence-corrected chi connectivity index (χ3v) is 4.60. The molecule has 0 atom stereocenters. The summed E-state index contributed by atoms with van der Waals surface area (Å²) in [5, 5.41) is 2.80. The first-order valence-electron chi connectivity index (χ1n) is 5.56. The molecule has 2 aromatic carbocycles. The molecule has 16 heavy (non-hydrogen) atoms. The van der Waals surface area contributed by atoms with Gasteiger partial charge in [0.25, 0.3) is 0 Å². The minimum absolute atomic E-state index is 1.34. The van der Waals surface area contributed by atoms with Gasteiger partial charge in [0, 0.05) is 20.2 Å². The number of fused-ring (bicyclic) bond motifs is 3. The van der Waals surface area contributed by atoms with Crippen LogP contribution in [0.4, 0.5) is 0 Å². The van der Waals surface area contributed by atoms with Crippen molar-refractivity contribution in [3.8, 4) is 0 Å². The predicted octanol–water partition coefficient (Wildman–Crippen LogP) is 4.98. The minimum atomic E-state index is 1.34. The fourth-order valence-corrected chi connectivity index (χ4v) is 3.53. The van der Waals surface area contributed by atoms with Gasteiger partial charge in [0.05, 0.1) is 0 Å². The van der Waals surface area contributed by atoms with Crippen molar-refractivity contribution in [3.05, 3.63) is 47.0 Å². The van der Waals surface area contributed by atoms with Crippen molar-refractivity contribution >= 4 is 31.5 Å². The molecule has 3 rings (SSSR count). The lowest BCUT2D eigenvalue weighted by Crippen LogP contribution is -1.78. The maximum Gasteiger partial charge on any atom is 0.0387 e. The van der Waals surface area contributed by atoms with Gasteiger partial charge < -0.3 is 0 Å².